The molecule has 2 aromatic rings. The van der Waals surface area contributed by atoms with Crippen LogP contribution < -0.4 is 4.72 Å². The monoisotopic (exact) mass is 335 g/mol. The summed E-state index contributed by atoms with van der Waals surface area (Å²) in [5, 5.41) is 0. The standard InChI is InChI=1S/C18H22FNO2S/c1-11-6-7-16(9-17(11)19)10-20-23(21,22)18-14(4)12(2)8-13(3)15(18)5/h6-9,20H,10H2,1-5H3. The summed E-state index contributed by atoms with van der Waals surface area (Å²) in [5.41, 5.74) is 4.50. The minimum Gasteiger partial charge on any atom is -0.207 e. The average molecular weight is 335 g/mol. The molecule has 3 nitrogen and oxygen atoms in total. The van der Waals surface area contributed by atoms with Crippen molar-refractivity contribution in [3.05, 3.63) is 63.5 Å². The number of aryl methyl sites for hydroxylation is 3. The minimum absolute atomic E-state index is 0.0609. The maximum absolute atomic E-state index is 13.6. The maximum Gasteiger partial charge on any atom is 0.241 e. The average Bonchev–Trinajstić information content (AvgIpc) is 2.46. The molecule has 0 radical (unpaired) electrons. The molecular weight excluding hydrogens is 313 g/mol. The fraction of sp³-hybridized carbons (Fsp3) is 0.333. The molecule has 0 saturated heterocycles. The Balaban J connectivity index is 2.35. The van der Waals surface area contributed by atoms with Crippen molar-refractivity contribution in [2.75, 3.05) is 0 Å². The largest absolute Gasteiger partial charge is 0.241 e. The van der Waals surface area contributed by atoms with E-state index in [1.54, 1.807) is 19.1 Å². The summed E-state index contributed by atoms with van der Waals surface area (Å²) in [4.78, 5) is 0.322. The SMILES string of the molecule is Cc1ccc(CNS(=O)(=O)c2c(C)c(C)cc(C)c2C)cc1F. The molecule has 0 aliphatic carbocycles. The van der Waals surface area contributed by atoms with Crippen LogP contribution in [0.1, 0.15) is 33.4 Å². The maximum atomic E-state index is 13.6. The van der Waals surface area contributed by atoms with Crippen LogP contribution in [0.4, 0.5) is 4.39 Å². The Morgan fingerprint density at radius 1 is 0.913 bits per heavy atom. The first-order chi connectivity index (χ1) is 10.6. The fourth-order valence-electron chi connectivity index (χ4n) is 2.58. The third-order valence-electron chi connectivity index (χ3n) is 4.27. The van der Waals surface area contributed by atoms with Gasteiger partial charge >= 0.3 is 0 Å². The smallest absolute Gasteiger partial charge is 0.207 e. The molecule has 23 heavy (non-hydrogen) atoms. The molecular formula is C18H22FNO2S. The molecule has 0 fully saturated rings. The van der Waals surface area contributed by atoms with E-state index in [-0.39, 0.29) is 12.4 Å². The Hall–Kier alpha value is -1.72. The van der Waals surface area contributed by atoms with Crippen molar-refractivity contribution < 1.29 is 12.8 Å². The highest BCUT2D eigenvalue weighted by atomic mass is 32.2. The second-order valence-corrected chi connectivity index (χ2v) is 7.70. The molecule has 0 atom stereocenters. The summed E-state index contributed by atoms with van der Waals surface area (Å²) in [6, 6.07) is 6.71. The zero-order valence-corrected chi connectivity index (χ0v) is 14.9. The van der Waals surface area contributed by atoms with Crippen molar-refractivity contribution in [2.45, 2.75) is 46.1 Å². The highest BCUT2D eigenvalue weighted by molar-refractivity contribution is 7.89. The lowest BCUT2D eigenvalue weighted by atomic mass is 10.0. The number of hydrogen-bond donors (Lipinski definition) is 1. The number of benzene rings is 2. The van der Waals surface area contributed by atoms with Crippen molar-refractivity contribution in [1.82, 2.24) is 4.72 Å². The van der Waals surface area contributed by atoms with Crippen LogP contribution in [0.25, 0.3) is 0 Å². The van der Waals surface area contributed by atoms with Crippen molar-refractivity contribution in [3.63, 3.8) is 0 Å². The normalized spacial score (nSPS) is 11.7. The molecule has 124 valence electrons. The molecule has 0 unspecified atom stereocenters. The molecule has 1 N–H and O–H groups in total. The van der Waals surface area contributed by atoms with Crippen molar-refractivity contribution in [3.8, 4) is 0 Å². The van der Waals surface area contributed by atoms with E-state index in [4.69, 9.17) is 0 Å². The van der Waals surface area contributed by atoms with E-state index < -0.39 is 10.0 Å². The van der Waals surface area contributed by atoms with E-state index in [0.717, 1.165) is 22.3 Å². The van der Waals surface area contributed by atoms with Crippen LogP contribution in [0.2, 0.25) is 0 Å². The third kappa shape index (κ3) is 3.62. The van der Waals surface area contributed by atoms with Crippen LogP contribution in [0, 0.1) is 40.4 Å². The molecule has 0 aliphatic heterocycles. The summed E-state index contributed by atoms with van der Waals surface area (Å²) in [6.45, 7) is 9.15. The summed E-state index contributed by atoms with van der Waals surface area (Å²) in [7, 11) is -3.66. The summed E-state index contributed by atoms with van der Waals surface area (Å²) >= 11 is 0. The van der Waals surface area contributed by atoms with E-state index in [0.29, 0.717) is 16.0 Å². The lowest BCUT2D eigenvalue weighted by Crippen LogP contribution is -2.25. The first-order valence-corrected chi connectivity index (χ1v) is 8.94. The Kier molecular flexibility index (Phi) is 4.92. The van der Waals surface area contributed by atoms with Crippen molar-refractivity contribution in [2.24, 2.45) is 0 Å². The van der Waals surface area contributed by atoms with Gasteiger partial charge in [-0.05, 0) is 74.1 Å². The second kappa shape index (κ2) is 6.42. The van der Waals surface area contributed by atoms with Crippen LogP contribution in [0.3, 0.4) is 0 Å². The zero-order chi connectivity index (χ0) is 17.4. The van der Waals surface area contributed by atoms with Gasteiger partial charge in [-0.3, -0.25) is 0 Å². The second-order valence-electron chi connectivity index (χ2n) is 6.00. The molecule has 2 aromatic carbocycles. The van der Waals surface area contributed by atoms with Gasteiger partial charge in [0, 0.05) is 6.54 Å². The van der Waals surface area contributed by atoms with E-state index >= 15 is 0 Å². The number of halogens is 1. The quantitative estimate of drug-likeness (QED) is 0.922. The first-order valence-electron chi connectivity index (χ1n) is 7.45. The van der Waals surface area contributed by atoms with E-state index in [2.05, 4.69) is 4.72 Å². The molecule has 0 amide bonds. The number of nitrogens with one attached hydrogen (secondary N) is 1. The molecule has 2 rings (SSSR count). The van der Waals surface area contributed by atoms with Gasteiger partial charge < -0.3 is 0 Å². The molecule has 0 spiro atoms. The van der Waals surface area contributed by atoms with Gasteiger partial charge in [0.15, 0.2) is 0 Å². The molecule has 0 saturated carbocycles. The van der Waals surface area contributed by atoms with Gasteiger partial charge in [-0.15, -0.1) is 0 Å². The topological polar surface area (TPSA) is 46.2 Å². The minimum atomic E-state index is -3.66. The molecule has 0 heterocycles. The summed E-state index contributed by atoms with van der Waals surface area (Å²) in [5.74, 6) is -0.333. The van der Waals surface area contributed by atoms with Gasteiger partial charge in [0.2, 0.25) is 10.0 Å². The third-order valence-corrected chi connectivity index (χ3v) is 5.94. The number of sulfonamides is 1. The molecule has 0 aliphatic rings. The number of rotatable bonds is 4. The van der Waals surface area contributed by atoms with Gasteiger partial charge in [-0.25, -0.2) is 17.5 Å². The van der Waals surface area contributed by atoms with Crippen LogP contribution in [0.5, 0.6) is 0 Å². The highest BCUT2D eigenvalue weighted by Gasteiger charge is 2.21. The first kappa shape index (κ1) is 17.6. The van der Waals surface area contributed by atoms with Crippen LogP contribution in [-0.4, -0.2) is 8.42 Å². The molecule has 0 aromatic heterocycles. The lowest BCUT2D eigenvalue weighted by molar-refractivity contribution is 0.578. The lowest BCUT2D eigenvalue weighted by Gasteiger charge is -2.16. The van der Waals surface area contributed by atoms with E-state index in [1.165, 1.54) is 6.07 Å². The number of hydrogen-bond acceptors (Lipinski definition) is 2. The van der Waals surface area contributed by atoms with Gasteiger partial charge in [-0.1, -0.05) is 18.2 Å². The predicted octanol–water partition coefficient (Wildman–Crippen LogP) is 3.85. The van der Waals surface area contributed by atoms with E-state index in [1.807, 2.05) is 33.8 Å². The van der Waals surface area contributed by atoms with Gasteiger partial charge in [-0.2, -0.15) is 0 Å². The Morgan fingerprint density at radius 3 is 2.00 bits per heavy atom. The Morgan fingerprint density at radius 2 is 1.48 bits per heavy atom. The predicted molar refractivity (Wildman–Crippen MR) is 90.6 cm³/mol. The van der Waals surface area contributed by atoms with Crippen molar-refractivity contribution in [1.29, 1.82) is 0 Å². The van der Waals surface area contributed by atoms with Crippen molar-refractivity contribution >= 4 is 10.0 Å². The van der Waals surface area contributed by atoms with E-state index in [9.17, 15) is 12.8 Å². The van der Waals surface area contributed by atoms with Crippen LogP contribution >= 0.6 is 0 Å². The van der Waals surface area contributed by atoms with Crippen LogP contribution in [0.15, 0.2) is 29.2 Å². The molecule has 0 bridgehead atoms. The van der Waals surface area contributed by atoms with Gasteiger partial charge in [0.05, 0.1) is 4.90 Å². The zero-order valence-electron chi connectivity index (χ0n) is 14.1. The Bertz CT molecular complexity index is 832. The molecule has 5 heteroatoms. The van der Waals surface area contributed by atoms with Gasteiger partial charge in [0.1, 0.15) is 5.82 Å². The summed E-state index contributed by atoms with van der Waals surface area (Å²) in [6.07, 6.45) is 0. The highest BCUT2D eigenvalue weighted by Crippen LogP contribution is 2.26. The Labute approximate surface area is 137 Å². The summed E-state index contributed by atoms with van der Waals surface area (Å²) < 4.78 is 41.6. The van der Waals surface area contributed by atoms with Crippen LogP contribution in [-0.2, 0) is 16.6 Å². The fourth-order valence-corrected chi connectivity index (χ4v) is 4.21. The van der Waals surface area contributed by atoms with Gasteiger partial charge in [0.25, 0.3) is 0 Å².